The molecule has 0 spiro atoms. The van der Waals surface area contributed by atoms with Crippen LogP contribution in [0.4, 0.5) is 0 Å². The summed E-state index contributed by atoms with van der Waals surface area (Å²) in [6.07, 6.45) is 7.62. The van der Waals surface area contributed by atoms with E-state index in [1.54, 1.807) is 6.20 Å². The van der Waals surface area contributed by atoms with Gasteiger partial charge in [0.1, 0.15) is 11.0 Å². The van der Waals surface area contributed by atoms with Crippen LogP contribution in [0.15, 0.2) is 24.5 Å². The molecular formula is C18H24ClN5. The monoisotopic (exact) mass is 345 g/mol. The molecule has 2 aliphatic rings. The average molecular weight is 346 g/mol. The van der Waals surface area contributed by atoms with Crippen molar-refractivity contribution >= 4 is 11.6 Å². The van der Waals surface area contributed by atoms with Crippen molar-refractivity contribution in [2.45, 2.75) is 31.7 Å². The van der Waals surface area contributed by atoms with Crippen molar-refractivity contribution in [3.8, 4) is 11.3 Å². The minimum absolute atomic E-state index is 0.519. The van der Waals surface area contributed by atoms with Gasteiger partial charge in [0.15, 0.2) is 0 Å². The third-order valence-corrected chi connectivity index (χ3v) is 5.35. The van der Waals surface area contributed by atoms with Crippen LogP contribution in [0.2, 0.25) is 5.15 Å². The first-order valence-electron chi connectivity index (χ1n) is 8.92. The third kappa shape index (κ3) is 3.48. The molecule has 5 nitrogen and oxygen atoms in total. The molecule has 4 rings (SSSR count). The Balaban J connectivity index is 1.61. The van der Waals surface area contributed by atoms with Crippen LogP contribution in [-0.4, -0.2) is 52.2 Å². The third-order valence-electron chi connectivity index (χ3n) is 5.14. The number of likely N-dealkylation sites (tertiary alicyclic amines) is 1. The Kier molecular flexibility index (Phi) is 4.83. The number of hydrogen-bond donors (Lipinski definition) is 1. The maximum Gasteiger partial charge on any atom is 0.129 e. The Morgan fingerprint density at radius 1 is 1.21 bits per heavy atom. The fourth-order valence-electron chi connectivity index (χ4n) is 3.57. The van der Waals surface area contributed by atoms with Gasteiger partial charge in [-0.25, -0.2) is 9.97 Å². The molecule has 24 heavy (non-hydrogen) atoms. The van der Waals surface area contributed by atoms with Gasteiger partial charge in [-0.2, -0.15) is 0 Å². The van der Waals surface area contributed by atoms with Gasteiger partial charge in [-0.1, -0.05) is 11.6 Å². The van der Waals surface area contributed by atoms with Crippen molar-refractivity contribution in [2.75, 3.05) is 32.7 Å². The van der Waals surface area contributed by atoms with E-state index in [1.807, 2.05) is 12.1 Å². The summed E-state index contributed by atoms with van der Waals surface area (Å²) in [6.45, 7) is 6.78. The summed E-state index contributed by atoms with van der Waals surface area (Å²) < 4.78 is 2.37. The highest BCUT2D eigenvalue weighted by molar-refractivity contribution is 6.29. The normalized spacial score (nSPS) is 19.4. The minimum atomic E-state index is 0.519. The van der Waals surface area contributed by atoms with Crippen molar-refractivity contribution in [3.05, 3.63) is 35.5 Å². The molecule has 2 fully saturated rings. The Morgan fingerprint density at radius 3 is 2.75 bits per heavy atom. The average Bonchev–Trinajstić information content (AvgIpc) is 2.99. The van der Waals surface area contributed by atoms with Crippen molar-refractivity contribution in [1.82, 2.24) is 24.8 Å². The van der Waals surface area contributed by atoms with E-state index in [4.69, 9.17) is 16.6 Å². The van der Waals surface area contributed by atoms with Crippen molar-refractivity contribution in [2.24, 2.45) is 0 Å². The highest BCUT2D eigenvalue weighted by Crippen LogP contribution is 2.28. The van der Waals surface area contributed by atoms with Gasteiger partial charge in [-0.15, -0.1) is 0 Å². The summed E-state index contributed by atoms with van der Waals surface area (Å²) in [4.78, 5) is 11.6. The molecule has 2 aromatic rings. The zero-order valence-electron chi connectivity index (χ0n) is 13.9. The van der Waals surface area contributed by atoms with Crippen molar-refractivity contribution in [3.63, 3.8) is 0 Å². The molecule has 2 aromatic heterocycles. The maximum atomic E-state index is 6.06. The number of hydrogen-bond acceptors (Lipinski definition) is 4. The quantitative estimate of drug-likeness (QED) is 0.846. The molecule has 0 aromatic carbocycles. The summed E-state index contributed by atoms with van der Waals surface area (Å²) in [5.41, 5.74) is 2.06. The number of nitrogens with one attached hydrogen (secondary N) is 1. The van der Waals surface area contributed by atoms with Crippen LogP contribution in [0, 0.1) is 0 Å². The molecule has 0 bridgehead atoms. The first-order valence-corrected chi connectivity index (χ1v) is 9.29. The van der Waals surface area contributed by atoms with E-state index in [1.165, 1.54) is 25.3 Å². The largest absolute Gasteiger partial charge is 0.333 e. The van der Waals surface area contributed by atoms with Gasteiger partial charge in [0.25, 0.3) is 0 Å². The van der Waals surface area contributed by atoms with Gasteiger partial charge in [-0.05, 0) is 57.6 Å². The maximum absolute atomic E-state index is 6.06. The van der Waals surface area contributed by atoms with E-state index in [9.17, 15) is 0 Å². The lowest BCUT2D eigenvalue weighted by molar-refractivity contribution is 0.173. The summed E-state index contributed by atoms with van der Waals surface area (Å²) in [7, 11) is 0. The molecule has 0 atom stereocenters. The first kappa shape index (κ1) is 16.1. The molecule has 0 saturated carbocycles. The molecule has 4 heterocycles. The fraction of sp³-hybridized carbons (Fsp3) is 0.556. The number of halogens is 1. The Bertz CT molecular complexity index is 688. The van der Waals surface area contributed by atoms with Gasteiger partial charge >= 0.3 is 0 Å². The van der Waals surface area contributed by atoms with Crippen LogP contribution in [-0.2, 0) is 6.54 Å². The summed E-state index contributed by atoms with van der Waals surface area (Å²) in [6, 6.07) is 3.88. The summed E-state index contributed by atoms with van der Waals surface area (Å²) in [5, 5.41) is 3.97. The first-order chi connectivity index (χ1) is 11.8. The van der Waals surface area contributed by atoms with E-state index in [2.05, 4.69) is 26.0 Å². The number of rotatable bonds is 5. The van der Waals surface area contributed by atoms with Crippen LogP contribution in [0.3, 0.4) is 0 Å². The minimum Gasteiger partial charge on any atom is -0.333 e. The lowest BCUT2D eigenvalue weighted by atomic mass is 9.97. The lowest BCUT2D eigenvalue weighted by Gasteiger charge is -2.31. The van der Waals surface area contributed by atoms with Crippen molar-refractivity contribution < 1.29 is 0 Å². The van der Waals surface area contributed by atoms with Crippen LogP contribution < -0.4 is 5.32 Å². The smallest absolute Gasteiger partial charge is 0.129 e. The molecule has 0 aliphatic carbocycles. The van der Waals surface area contributed by atoms with E-state index in [-0.39, 0.29) is 0 Å². The number of piperidine rings is 1. The second-order valence-corrected chi connectivity index (χ2v) is 7.15. The van der Waals surface area contributed by atoms with Crippen LogP contribution >= 0.6 is 11.6 Å². The predicted octanol–water partition coefficient (Wildman–Crippen LogP) is 2.77. The number of imidazole rings is 1. The standard InChI is InChI=1S/C18H24ClN5/c19-17-12-15(4-7-21-17)16-13-24(11-10-23-8-1-9-23)18(22-16)14-2-5-20-6-3-14/h4,7,12-14,20H,1-3,5-6,8-11H2. The summed E-state index contributed by atoms with van der Waals surface area (Å²) >= 11 is 6.06. The van der Waals surface area contributed by atoms with E-state index >= 15 is 0 Å². The molecule has 0 unspecified atom stereocenters. The van der Waals surface area contributed by atoms with Crippen molar-refractivity contribution in [1.29, 1.82) is 0 Å². The molecule has 128 valence electrons. The van der Waals surface area contributed by atoms with Gasteiger partial charge in [-0.3, -0.25) is 0 Å². The van der Waals surface area contributed by atoms with Gasteiger partial charge < -0.3 is 14.8 Å². The molecule has 0 amide bonds. The zero-order valence-corrected chi connectivity index (χ0v) is 14.7. The Hall–Kier alpha value is -1.43. The summed E-state index contributed by atoms with van der Waals surface area (Å²) in [5.74, 6) is 1.79. The van der Waals surface area contributed by atoms with E-state index in [0.717, 1.165) is 50.3 Å². The Morgan fingerprint density at radius 2 is 2.04 bits per heavy atom. The Labute approximate surface area is 148 Å². The number of nitrogens with zero attached hydrogens (tertiary/aromatic N) is 4. The lowest BCUT2D eigenvalue weighted by Crippen LogP contribution is -2.39. The molecule has 1 N–H and O–H groups in total. The highest BCUT2D eigenvalue weighted by atomic mass is 35.5. The van der Waals surface area contributed by atoms with Crippen LogP contribution in [0.1, 0.15) is 31.0 Å². The van der Waals surface area contributed by atoms with Gasteiger partial charge in [0.2, 0.25) is 0 Å². The predicted molar refractivity (Wildman–Crippen MR) is 96.4 cm³/mol. The van der Waals surface area contributed by atoms with Crippen LogP contribution in [0.25, 0.3) is 11.3 Å². The molecule has 6 heteroatoms. The molecular weight excluding hydrogens is 322 g/mol. The highest BCUT2D eigenvalue weighted by Gasteiger charge is 2.22. The molecule has 0 radical (unpaired) electrons. The van der Waals surface area contributed by atoms with Gasteiger partial charge in [0, 0.05) is 37.0 Å². The SMILES string of the molecule is Clc1cc(-c2cn(CCN3CCC3)c(C3CCNCC3)n2)ccn1. The fourth-order valence-corrected chi connectivity index (χ4v) is 3.74. The zero-order chi connectivity index (χ0) is 16.4. The second-order valence-electron chi connectivity index (χ2n) is 6.76. The molecule has 2 aliphatic heterocycles. The molecule has 2 saturated heterocycles. The van der Waals surface area contributed by atoms with Crippen LogP contribution in [0.5, 0.6) is 0 Å². The number of pyridine rings is 1. The second kappa shape index (κ2) is 7.21. The topological polar surface area (TPSA) is 46.0 Å². The van der Waals surface area contributed by atoms with Gasteiger partial charge in [0.05, 0.1) is 5.69 Å². The number of aromatic nitrogens is 3. The van der Waals surface area contributed by atoms with E-state index < -0.39 is 0 Å². The van der Waals surface area contributed by atoms with E-state index in [0.29, 0.717) is 11.1 Å².